The van der Waals surface area contributed by atoms with E-state index in [9.17, 15) is 18.0 Å². The third kappa shape index (κ3) is 5.98. The number of amides is 2. The molecule has 0 radical (unpaired) electrons. The van der Waals surface area contributed by atoms with Crippen molar-refractivity contribution < 1.29 is 18.0 Å². The zero-order chi connectivity index (χ0) is 18.3. The maximum absolute atomic E-state index is 12.2. The standard InChI is InChI=1S/C16H18N4O4S/c1-12(21)20-13-5-7-15(8-6-13)25(23,24)19-11-16(22)18-10-14-4-2-3-9-17-14/h2-9,19H,10-11H2,1H3,(H,18,22)(H,20,21). The second-order valence-corrected chi connectivity index (χ2v) is 6.89. The molecule has 0 fully saturated rings. The molecule has 0 saturated heterocycles. The SMILES string of the molecule is CC(=O)Nc1ccc(S(=O)(=O)NCC(=O)NCc2ccccn2)cc1. The third-order valence-corrected chi connectivity index (χ3v) is 4.52. The molecule has 0 aliphatic rings. The monoisotopic (exact) mass is 362 g/mol. The first kappa shape index (κ1) is 18.6. The topological polar surface area (TPSA) is 117 Å². The van der Waals surface area contributed by atoms with Crippen LogP contribution < -0.4 is 15.4 Å². The average Bonchev–Trinajstić information content (AvgIpc) is 2.59. The second kappa shape index (κ2) is 8.36. The lowest BCUT2D eigenvalue weighted by Gasteiger charge is -2.08. The maximum Gasteiger partial charge on any atom is 0.241 e. The van der Waals surface area contributed by atoms with Crippen LogP contribution in [0.15, 0.2) is 53.6 Å². The van der Waals surface area contributed by atoms with Crippen LogP contribution in [0, 0.1) is 0 Å². The number of benzene rings is 1. The van der Waals surface area contributed by atoms with Crippen molar-refractivity contribution in [1.29, 1.82) is 0 Å². The Labute approximate surface area is 145 Å². The zero-order valence-corrected chi connectivity index (χ0v) is 14.3. The quantitative estimate of drug-likeness (QED) is 0.668. The Morgan fingerprint density at radius 1 is 1.08 bits per heavy atom. The molecule has 2 aromatic rings. The fourth-order valence-corrected chi connectivity index (χ4v) is 2.90. The van der Waals surface area contributed by atoms with Crippen molar-refractivity contribution in [2.45, 2.75) is 18.4 Å². The highest BCUT2D eigenvalue weighted by atomic mass is 32.2. The van der Waals surface area contributed by atoms with Crippen LogP contribution >= 0.6 is 0 Å². The molecule has 1 heterocycles. The van der Waals surface area contributed by atoms with Gasteiger partial charge < -0.3 is 10.6 Å². The van der Waals surface area contributed by atoms with E-state index in [4.69, 9.17) is 0 Å². The predicted octanol–water partition coefficient (Wildman–Crippen LogP) is 0.635. The van der Waals surface area contributed by atoms with Crippen molar-refractivity contribution >= 4 is 27.5 Å². The highest BCUT2D eigenvalue weighted by molar-refractivity contribution is 7.89. The van der Waals surface area contributed by atoms with E-state index in [1.807, 2.05) is 0 Å². The maximum atomic E-state index is 12.2. The summed E-state index contributed by atoms with van der Waals surface area (Å²) in [4.78, 5) is 26.8. The summed E-state index contributed by atoms with van der Waals surface area (Å²) in [6.07, 6.45) is 1.61. The van der Waals surface area contributed by atoms with Crippen LogP contribution in [0.4, 0.5) is 5.69 Å². The molecule has 9 heteroatoms. The molecule has 0 atom stereocenters. The van der Waals surface area contributed by atoms with Crippen LogP contribution in [0.3, 0.4) is 0 Å². The molecule has 3 N–H and O–H groups in total. The summed E-state index contributed by atoms with van der Waals surface area (Å²) in [5.41, 5.74) is 1.16. The highest BCUT2D eigenvalue weighted by Crippen LogP contribution is 2.13. The van der Waals surface area contributed by atoms with Crippen molar-refractivity contribution in [1.82, 2.24) is 15.0 Å². The highest BCUT2D eigenvalue weighted by Gasteiger charge is 2.15. The van der Waals surface area contributed by atoms with Gasteiger partial charge >= 0.3 is 0 Å². The van der Waals surface area contributed by atoms with Gasteiger partial charge in [0.2, 0.25) is 21.8 Å². The largest absolute Gasteiger partial charge is 0.349 e. The number of nitrogens with zero attached hydrogens (tertiary/aromatic N) is 1. The normalized spacial score (nSPS) is 10.9. The molecule has 2 amide bonds. The van der Waals surface area contributed by atoms with Crippen LogP contribution in [0.2, 0.25) is 0 Å². The molecule has 0 unspecified atom stereocenters. The number of rotatable bonds is 7. The third-order valence-electron chi connectivity index (χ3n) is 3.10. The number of anilines is 1. The smallest absolute Gasteiger partial charge is 0.241 e. The molecule has 1 aromatic carbocycles. The van der Waals surface area contributed by atoms with Crippen LogP contribution in [-0.2, 0) is 26.2 Å². The van der Waals surface area contributed by atoms with Crippen LogP contribution in [0.25, 0.3) is 0 Å². The molecular formula is C16H18N4O4S. The van der Waals surface area contributed by atoms with E-state index in [1.54, 1.807) is 24.4 Å². The molecule has 8 nitrogen and oxygen atoms in total. The molecule has 0 bridgehead atoms. The Morgan fingerprint density at radius 2 is 1.80 bits per heavy atom. The number of aromatic nitrogens is 1. The summed E-state index contributed by atoms with van der Waals surface area (Å²) in [6, 6.07) is 10.9. The summed E-state index contributed by atoms with van der Waals surface area (Å²) < 4.78 is 26.5. The van der Waals surface area contributed by atoms with Gasteiger partial charge in [-0.05, 0) is 36.4 Å². The number of hydrogen-bond donors (Lipinski definition) is 3. The first-order valence-corrected chi connectivity index (χ1v) is 8.89. The van der Waals surface area contributed by atoms with Gasteiger partial charge in [-0.1, -0.05) is 6.07 Å². The molecule has 1 aromatic heterocycles. The van der Waals surface area contributed by atoms with E-state index in [0.717, 1.165) is 0 Å². The molecule has 0 saturated carbocycles. The summed E-state index contributed by atoms with van der Waals surface area (Å²) in [5.74, 6) is -0.720. The fourth-order valence-electron chi connectivity index (χ4n) is 1.92. The second-order valence-electron chi connectivity index (χ2n) is 5.13. The number of sulfonamides is 1. The minimum Gasteiger partial charge on any atom is -0.349 e. The lowest BCUT2D eigenvalue weighted by molar-refractivity contribution is -0.120. The van der Waals surface area contributed by atoms with Gasteiger partial charge in [0.05, 0.1) is 23.7 Å². The summed E-state index contributed by atoms with van der Waals surface area (Å²) in [7, 11) is -3.82. The van der Waals surface area contributed by atoms with Crippen molar-refractivity contribution in [2.75, 3.05) is 11.9 Å². The first-order chi connectivity index (χ1) is 11.9. The van der Waals surface area contributed by atoms with Crippen molar-refractivity contribution in [3.8, 4) is 0 Å². The molecule has 132 valence electrons. The summed E-state index contributed by atoms with van der Waals surface area (Å²) in [6.45, 7) is 1.19. The van der Waals surface area contributed by atoms with Gasteiger partial charge in [0, 0.05) is 18.8 Å². The van der Waals surface area contributed by atoms with E-state index in [2.05, 4.69) is 20.3 Å². The van der Waals surface area contributed by atoms with Gasteiger partial charge in [-0.15, -0.1) is 0 Å². The number of nitrogens with one attached hydrogen (secondary N) is 3. The van der Waals surface area contributed by atoms with Crippen molar-refractivity contribution in [3.05, 3.63) is 54.4 Å². The number of hydrogen-bond acceptors (Lipinski definition) is 5. The van der Waals surface area contributed by atoms with Crippen LogP contribution in [0.5, 0.6) is 0 Å². The number of pyridine rings is 1. The van der Waals surface area contributed by atoms with Gasteiger partial charge in [-0.25, -0.2) is 13.1 Å². The van der Waals surface area contributed by atoms with Crippen LogP contribution in [0.1, 0.15) is 12.6 Å². The van der Waals surface area contributed by atoms with Crippen LogP contribution in [-0.4, -0.2) is 31.8 Å². The summed E-state index contributed by atoms with van der Waals surface area (Å²) >= 11 is 0. The minimum atomic E-state index is -3.82. The average molecular weight is 362 g/mol. The summed E-state index contributed by atoms with van der Waals surface area (Å²) in [5, 5.41) is 5.12. The van der Waals surface area contributed by atoms with Gasteiger partial charge in [-0.3, -0.25) is 14.6 Å². The van der Waals surface area contributed by atoms with E-state index in [0.29, 0.717) is 11.4 Å². The van der Waals surface area contributed by atoms with Crippen molar-refractivity contribution in [2.24, 2.45) is 0 Å². The Kier molecular flexibility index (Phi) is 6.20. The fraction of sp³-hybridized carbons (Fsp3) is 0.188. The molecule has 25 heavy (non-hydrogen) atoms. The van der Waals surface area contributed by atoms with E-state index in [-0.39, 0.29) is 23.9 Å². The molecule has 0 aliphatic carbocycles. The molecule has 0 aliphatic heterocycles. The Morgan fingerprint density at radius 3 is 2.40 bits per heavy atom. The van der Waals surface area contributed by atoms with Crippen molar-refractivity contribution in [3.63, 3.8) is 0 Å². The minimum absolute atomic E-state index is 0.000807. The molecule has 0 spiro atoms. The Hall–Kier alpha value is -2.78. The number of carbonyl (C=O) groups excluding carboxylic acids is 2. The Balaban J connectivity index is 1.88. The van der Waals surface area contributed by atoms with E-state index >= 15 is 0 Å². The van der Waals surface area contributed by atoms with E-state index in [1.165, 1.54) is 31.2 Å². The van der Waals surface area contributed by atoms with E-state index < -0.39 is 15.9 Å². The predicted molar refractivity (Wildman–Crippen MR) is 92.0 cm³/mol. The van der Waals surface area contributed by atoms with Gasteiger partial charge in [0.25, 0.3) is 0 Å². The van der Waals surface area contributed by atoms with Gasteiger partial charge in [0.15, 0.2) is 0 Å². The van der Waals surface area contributed by atoms with Gasteiger partial charge in [0.1, 0.15) is 0 Å². The number of carbonyl (C=O) groups is 2. The molecular weight excluding hydrogens is 344 g/mol. The Bertz CT molecular complexity index is 836. The lowest BCUT2D eigenvalue weighted by Crippen LogP contribution is -2.36. The molecule has 2 rings (SSSR count). The van der Waals surface area contributed by atoms with Gasteiger partial charge in [-0.2, -0.15) is 0 Å². The lowest BCUT2D eigenvalue weighted by atomic mass is 10.3. The first-order valence-electron chi connectivity index (χ1n) is 7.41. The zero-order valence-electron chi connectivity index (χ0n) is 13.5.